The average molecular weight is 267 g/mol. The quantitative estimate of drug-likeness (QED) is 0.697. The van der Waals surface area contributed by atoms with Crippen LogP contribution in [0.3, 0.4) is 0 Å². The van der Waals surface area contributed by atoms with E-state index < -0.39 is 26.7 Å². The summed E-state index contributed by atoms with van der Waals surface area (Å²) < 4.78 is 25.0. The van der Waals surface area contributed by atoms with Gasteiger partial charge in [-0.15, -0.1) is 19.0 Å². The van der Waals surface area contributed by atoms with Crippen LogP contribution in [0.5, 0.6) is 0 Å². The predicted octanol–water partition coefficient (Wildman–Crippen LogP) is -0.0800. The highest BCUT2D eigenvalue weighted by Crippen LogP contribution is 2.42. The number of carbonyl (C=O) groups is 1. The standard InChI is InChI=1S/C9H14N2O3S.ClH/c1-2-6-5-9(6,10)8(12)11-15(13,14)7-3-4-7;/h2,6-7H,1,3-5,10H2,(H,11,12);1H/t6?,9-;/m1./s1. The number of nitrogens with two attached hydrogens (primary N) is 1. The van der Waals surface area contributed by atoms with Crippen molar-refractivity contribution >= 4 is 28.3 Å². The molecule has 2 aliphatic rings. The van der Waals surface area contributed by atoms with Gasteiger partial charge in [0.05, 0.1) is 5.25 Å². The Kier molecular flexibility index (Phi) is 3.38. The molecule has 0 aromatic carbocycles. The van der Waals surface area contributed by atoms with Crippen LogP contribution >= 0.6 is 12.4 Å². The molecule has 16 heavy (non-hydrogen) atoms. The normalized spacial score (nSPS) is 32.4. The highest BCUT2D eigenvalue weighted by atomic mass is 35.5. The van der Waals surface area contributed by atoms with Crippen molar-refractivity contribution in [2.75, 3.05) is 0 Å². The monoisotopic (exact) mass is 266 g/mol. The lowest BCUT2D eigenvalue weighted by atomic mass is 10.2. The van der Waals surface area contributed by atoms with Gasteiger partial charge >= 0.3 is 0 Å². The molecule has 2 fully saturated rings. The number of hydrogen-bond donors (Lipinski definition) is 2. The van der Waals surface area contributed by atoms with Gasteiger partial charge in [-0.3, -0.25) is 9.52 Å². The number of sulfonamides is 1. The lowest BCUT2D eigenvalue weighted by molar-refractivity contribution is -0.121. The Hall–Kier alpha value is -0.590. The van der Waals surface area contributed by atoms with Crippen LogP contribution in [0.4, 0.5) is 0 Å². The maximum Gasteiger partial charge on any atom is 0.254 e. The van der Waals surface area contributed by atoms with E-state index in [-0.39, 0.29) is 18.3 Å². The number of hydrogen-bond acceptors (Lipinski definition) is 4. The van der Waals surface area contributed by atoms with E-state index >= 15 is 0 Å². The molecule has 0 heterocycles. The summed E-state index contributed by atoms with van der Waals surface area (Å²) in [5.74, 6) is -0.703. The molecule has 3 N–H and O–H groups in total. The molecule has 92 valence electrons. The second-order valence-corrected chi connectivity index (χ2v) is 6.22. The minimum atomic E-state index is -3.47. The fourth-order valence-electron chi connectivity index (χ4n) is 1.55. The largest absolute Gasteiger partial charge is 0.317 e. The number of rotatable bonds is 4. The van der Waals surface area contributed by atoms with E-state index in [1.807, 2.05) is 4.72 Å². The SMILES string of the molecule is C=CC1C[C@]1(N)C(=O)NS(=O)(=O)C1CC1.Cl. The first-order valence-electron chi connectivity index (χ1n) is 4.87. The van der Waals surface area contributed by atoms with Gasteiger partial charge in [-0.1, -0.05) is 6.08 Å². The van der Waals surface area contributed by atoms with Crippen LogP contribution in [0.15, 0.2) is 12.7 Å². The molecule has 2 aliphatic carbocycles. The Morgan fingerprint density at radius 1 is 1.50 bits per heavy atom. The number of halogens is 1. The van der Waals surface area contributed by atoms with Crippen molar-refractivity contribution in [3.05, 3.63) is 12.7 Å². The maximum atomic E-state index is 11.6. The molecule has 1 unspecified atom stereocenters. The molecule has 0 aromatic heterocycles. The minimum Gasteiger partial charge on any atom is -0.317 e. The van der Waals surface area contributed by atoms with Crippen LogP contribution < -0.4 is 10.5 Å². The first kappa shape index (κ1) is 13.5. The van der Waals surface area contributed by atoms with Crippen LogP contribution in [0, 0.1) is 5.92 Å². The summed E-state index contributed by atoms with van der Waals surface area (Å²) in [4.78, 5) is 11.6. The molecule has 0 radical (unpaired) electrons. The molecule has 2 saturated carbocycles. The Morgan fingerprint density at radius 3 is 2.44 bits per heavy atom. The molecule has 0 bridgehead atoms. The zero-order valence-electron chi connectivity index (χ0n) is 8.68. The van der Waals surface area contributed by atoms with E-state index in [0.29, 0.717) is 19.3 Å². The first-order valence-corrected chi connectivity index (χ1v) is 6.42. The van der Waals surface area contributed by atoms with Gasteiger partial charge in [-0.2, -0.15) is 0 Å². The van der Waals surface area contributed by atoms with Gasteiger partial charge in [0.15, 0.2) is 0 Å². The van der Waals surface area contributed by atoms with Gasteiger partial charge in [-0.25, -0.2) is 8.42 Å². The zero-order valence-corrected chi connectivity index (χ0v) is 10.3. The van der Waals surface area contributed by atoms with Crippen LogP contribution in [0.1, 0.15) is 19.3 Å². The van der Waals surface area contributed by atoms with Crippen molar-refractivity contribution in [3.8, 4) is 0 Å². The van der Waals surface area contributed by atoms with Crippen molar-refractivity contribution in [2.45, 2.75) is 30.1 Å². The highest BCUT2D eigenvalue weighted by molar-refractivity contribution is 7.90. The van der Waals surface area contributed by atoms with E-state index in [0.717, 1.165) is 0 Å². The molecule has 0 aliphatic heterocycles. The average Bonchev–Trinajstić information content (AvgIpc) is 2.97. The van der Waals surface area contributed by atoms with Gasteiger partial charge in [-0.05, 0) is 19.3 Å². The van der Waals surface area contributed by atoms with Gasteiger partial charge in [0.25, 0.3) is 5.91 Å². The molecule has 1 amide bonds. The lowest BCUT2D eigenvalue weighted by Crippen LogP contribution is -2.47. The third-order valence-corrected chi connectivity index (χ3v) is 4.78. The summed E-state index contributed by atoms with van der Waals surface area (Å²) in [7, 11) is -3.47. The van der Waals surface area contributed by atoms with Gasteiger partial charge in [0, 0.05) is 5.92 Å². The number of nitrogens with one attached hydrogen (secondary N) is 1. The predicted molar refractivity (Wildman–Crippen MR) is 62.6 cm³/mol. The van der Waals surface area contributed by atoms with Crippen molar-refractivity contribution in [1.82, 2.24) is 4.72 Å². The van der Waals surface area contributed by atoms with Crippen molar-refractivity contribution in [1.29, 1.82) is 0 Å². The summed E-state index contributed by atoms with van der Waals surface area (Å²) in [5.41, 5.74) is 4.67. The Morgan fingerprint density at radius 2 is 2.06 bits per heavy atom. The van der Waals surface area contributed by atoms with Crippen molar-refractivity contribution in [3.63, 3.8) is 0 Å². The van der Waals surface area contributed by atoms with Crippen LogP contribution in [0.2, 0.25) is 0 Å². The third kappa shape index (κ3) is 2.23. The second-order valence-electron chi connectivity index (χ2n) is 4.26. The van der Waals surface area contributed by atoms with E-state index in [1.54, 1.807) is 6.08 Å². The fraction of sp³-hybridized carbons (Fsp3) is 0.667. The molecule has 5 nitrogen and oxygen atoms in total. The summed E-state index contributed by atoms with van der Waals surface area (Å²) in [5, 5.41) is -0.397. The molecule has 7 heteroatoms. The summed E-state index contributed by atoms with van der Waals surface area (Å²) >= 11 is 0. The first-order chi connectivity index (χ1) is 6.90. The Bertz CT molecular complexity index is 418. The van der Waals surface area contributed by atoms with E-state index in [4.69, 9.17) is 5.73 Å². The molecular weight excluding hydrogens is 252 g/mol. The summed E-state index contributed by atoms with van der Waals surface area (Å²) in [6.07, 6.45) is 3.32. The molecule has 0 saturated heterocycles. The van der Waals surface area contributed by atoms with Crippen LogP contribution in [0.25, 0.3) is 0 Å². The molecule has 0 aromatic rings. The fourth-order valence-corrected chi connectivity index (χ4v) is 2.92. The third-order valence-electron chi connectivity index (χ3n) is 2.96. The minimum absolute atomic E-state index is 0. The summed E-state index contributed by atoms with van der Waals surface area (Å²) in [6.45, 7) is 3.54. The smallest absolute Gasteiger partial charge is 0.254 e. The number of carbonyl (C=O) groups excluding carboxylic acids is 1. The van der Waals surface area contributed by atoms with E-state index in [2.05, 4.69) is 6.58 Å². The van der Waals surface area contributed by atoms with Gasteiger partial charge in [0.1, 0.15) is 5.54 Å². The van der Waals surface area contributed by atoms with Crippen LogP contribution in [-0.4, -0.2) is 25.1 Å². The Labute approximate surface area is 101 Å². The summed E-state index contributed by atoms with van der Waals surface area (Å²) in [6, 6.07) is 0. The van der Waals surface area contributed by atoms with Crippen molar-refractivity contribution < 1.29 is 13.2 Å². The molecular formula is C9H15ClN2O3S. The number of amides is 1. The molecule has 0 spiro atoms. The molecule has 2 rings (SSSR count). The van der Waals surface area contributed by atoms with E-state index in [1.165, 1.54) is 0 Å². The molecule has 2 atom stereocenters. The Balaban J connectivity index is 0.00000128. The van der Waals surface area contributed by atoms with Gasteiger partial charge in [0.2, 0.25) is 10.0 Å². The van der Waals surface area contributed by atoms with Crippen molar-refractivity contribution in [2.24, 2.45) is 11.7 Å². The van der Waals surface area contributed by atoms with E-state index in [9.17, 15) is 13.2 Å². The zero-order chi connectivity index (χ0) is 11.3. The van der Waals surface area contributed by atoms with Crippen LogP contribution in [-0.2, 0) is 14.8 Å². The lowest BCUT2D eigenvalue weighted by Gasteiger charge is -2.11. The maximum absolute atomic E-state index is 11.6. The van der Waals surface area contributed by atoms with Gasteiger partial charge < -0.3 is 5.73 Å². The topological polar surface area (TPSA) is 89.3 Å². The second kappa shape index (κ2) is 4.01. The highest BCUT2D eigenvalue weighted by Gasteiger charge is 2.56.